The summed E-state index contributed by atoms with van der Waals surface area (Å²) in [5.74, 6) is -1.50. The summed E-state index contributed by atoms with van der Waals surface area (Å²) in [6.07, 6.45) is 1.70. The molecule has 0 spiro atoms. The molecule has 0 saturated carbocycles. The normalized spacial score (nSPS) is 20.2. The second-order valence-electron chi connectivity index (χ2n) is 5.00. The minimum absolute atomic E-state index is 0.0719. The maximum absolute atomic E-state index is 13.6. The van der Waals surface area contributed by atoms with Crippen LogP contribution >= 0.6 is 0 Å². The van der Waals surface area contributed by atoms with Crippen LogP contribution in [0.3, 0.4) is 0 Å². The molecule has 0 aromatic heterocycles. The average molecular weight is 315 g/mol. The fourth-order valence-electron chi connectivity index (χ4n) is 2.17. The Bertz CT molecular complexity index is 611. The van der Waals surface area contributed by atoms with Gasteiger partial charge in [-0.3, -0.25) is 4.79 Å². The van der Waals surface area contributed by atoms with Gasteiger partial charge in [0.2, 0.25) is 5.91 Å². The fourth-order valence-corrected chi connectivity index (χ4v) is 3.52. The maximum Gasteiger partial charge on any atom is 0.238 e. The van der Waals surface area contributed by atoms with Crippen LogP contribution in [0.15, 0.2) is 29.2 Å². The predicted octanol–water partition coefficient (Wildman–Crippen LogP) is 1.28. The first-order chi connectivity index (χ1) is 9.93. The summed E-state index contributed by atoms with van der Waals surface area (Å²) in [5, 5.41) is 1.20. The number of nitrogens with one attached hydrogen (secondary N) is 1. The van der Waals surface area contributed by atoms with E-state index in [9.17, 15) is 17.6 Å². The number of carbonyl (C=O) groups is 1. The van der Waals surface area contributed by atoms with Crippen LogP contribution in [0.25, 0.3) is 0 Å². The number of hydrogen-bond acceptors (Lipinski definition) is 4. The lowest BCUT2D eigenvalue weighted by Gasteiger charge is -2.16. The molecule has 1 aromatic rings. The summed E-state index contributed by atoms with van der Waals surface area (Å²) in [7, 11) is -4.04. The first-order valence-electron chi connectivity index (χ1n) is 6.80. The molecule has 1 aliphatic rings. The first kappa shape index (κ1) is 15.9. The molecule has 21 heavy (non-hydrogen) atoms. The summed E-state index contributed by atoms with van der Waals surface area (Å²) in [4.78, 5) is 11.5. The lowest BCUT2D eigenvalue weighted by Crippen LogP contribution is -2.41. The van der Waals surface area contributed by atoms with Crippen LogP contribution in [0.1, 0.15) is 19.8 Å². The Morgan fingerprint density at radius 1 is 1.48 bits per heavy atom. The highest BCUT2D eigenvalue weighted by Gasteiger charge is 2.32. The summed E-state index contributed by atoms with van der Waals surface area (Å²) in [5.41, 5.74) is 0. The highest BCUT2D eigenvalue weighted by molar-refractivity contribution is 7.92. The van der Waals surface area contributed by atoms with E-state index in [4.69, 9.17) is 4.74 Å². The molecule has 1 N–H and O–H groups in total. The zero-order valence-electron chi connectivity index (χ0n) is 11.7. The summed E-state index contributed by atoms with van der Waals surface area (Å²) < 4.78 is 43.5. The Labute approximate surface area is 123 Å². The van der Waals surface area contributed by atoms with Crippen molar-refractivity contribution >= 4 is 15.7 Å². The van der Waals surface area contributed by atoms with Gasteiger partial charge in [-0.05, 0) is 31.9 Å². The van der Waals surface area contributed by atoms with Crippen molar-refractivity contribution in [1.29, 1.82) is 0 Å². The number of amides is 1. The third-order valence-corrected chi connectivity index (χ3v) is 5.59. The minimum Gasteiger partial charge on any atom is -0.376 e. The number of rotatable bonds is 5. The highest BCUT2D eigenvalue weighted by atomic mass is 32.2. The molecule has 1 aliphatic heterocycles. The Kier molecular flexibility index (Phi) is 4.95. The Hall–Kier alpha value is -1.47. The predicted molar refractivity (Wildman–Crippen MR) is 75.0 cm³/mol. The second kappa shape index (κ2) is 6.53. The topological polar surface area (TPSA) is 72.5 Å². The molecular weight excluding hydrogens is 297 g/mol. The van der Waals surface area contributed by atoms with E-state index in [0.717, 1.165) is 25.0 Å². The van der Waals surface area contributed by atoms with Crippen molar-refractivity contribution < 1.29 is 22.3 Å². The molecule has 2 atom stereocenters. The van der Waals surface area contributed by atoms with E-state index in [1.54, 1.807) is 0 Å². The number of carbonyl (C=O) groups excluding carboxylic acids is 1. The van der Waals surface area contributed by atoms with E-state index in [-0.39, 0.29) is 12.6 Å². The third kappa shape index (κ3) is 3.59. The number of halogens is 1. The quantitative estimate of drug-likeness (QED) is 0.888. The Morgan fingerprint density at radius 2 is 2.19 bits per heavy atom. The van der Waals surface area contributed by atoms with Gasteiger partial charge < -0.3 is 10.1 Å². The summed E-state index contributed by atoms with van der Waals surface area (Å²) in [6, 6.07) is 5.04. The molecule has 0 radical (unpaired) electrons. The second-order valence-corrected chi connectivity index (χ2v) is 7.23. The van der Waals surface area contributed by atoms with Crippen molar-refractivity contribution in [2.24, 2.45) is 0 Å². The van der Waals surface area contributed by atoms with Crippen LogP contribution in [0.2, 0.25) is 0 Å². The molecular formula is C14H18FNO4S. The van der Waals surface area contributed by atoms with Crippen molar-refractivity contribution in [3.8, 4) is 0 Å². The number of benzene rings is 1. The zero-order chi connectivity index (χ0) is 15.5. The zero-order valence-corrected chi connectivity index (χ0v) is 12.5. The highest BCUT2D eigenvalue weighted by Crippen LogP contribution is 2.19. The minimum atomic E-state index is -4.04. The van der Waals surface area contributed by atoms with E-state index >= 15 is 0 Å². The molecule has 1 fully saturated rings. The van der Waals surface area contributed by atoms with Gasteiger partial charge in [0, 0.05) is 13.2 Å². The van der Waals surface area contributed by atoms with Crippen LogP contribution in [0, 0.1) is 5.82 Å². The van der Waals surface area contributed by atoms with Crippen molar-refractivity contribution in [2.75, 3.05) is 13.2 Å². The van der Waals surface area contributed by atoms with Crippen molar-refractivity contribution in [2.45, 2.75) is 36.0 Å². The van der Waals surface area contributed by atoms with Crippen LogP contribution < -0.4 is 5.32 Å². The molecule has 0 bridgehead atoms. The molecule has 1 amide bonds. The van der Waals surface area contributed by atoms with Crippen molar-refractivity contribution in [1.82, 2.24) is 5.32 Å². The number of ether oxygens (including phenoxy) is 1. The standard InChI is InChI=1S/C14H18FNO4S/c1-10(14(17)16-9-11-5-4-8-20-11)21(18,19)13-7-3-2-6-12(13)15/h2-3,6-7,10-11H,4-5,8-9H2,1H3,(H,16,17). The molecule has 5 nitrogen and oxygen atoms in total. The van der Waals surface area contributed by atoms with Gasteiger partial charge in [-0.15, -0.1) is 0 Å². The van der Waals surface area contributed by atoms with Crippen molar-refractivity contribution in [3.63, 3.8) is 0 Å². The average Bonchev–Trinajstić information content (AvgIpc) is 2.97. The van der Waals surface area contributed by atoms with Gasteiger partial charge in [0.1, 0.15) is 16.0 Å². The summed E-state index contributed by atoms with van der Waals surface area (Å²) in [6.45, 7) is 2.19. The maximum atomic E-state index is 13.6. The smallest absolute Gasteiger partial charge is 0.238 e. The van der Waals surface area contributed by atoms with Crippen LogP contribution in [0.5, 0.6) is 0 Å². The summed E-state index contributed by atoms with van der Waals surface area (Å²) >= 11 is 0. The molecule has 2 unspecified atom stereocenters. The molecule has 7 heteroatoms. The lowest BCUT2D eigenvalue weighted by molar-refractivity contribution is -0.120. The number of hydrogen-bond donors (Lipinski definition) is 1. The van der Waals surface area contributed by atoms with Crippen LogP contribution in [0.4, 0.5) is 4.39 Å². The molecule has 116 valence electrons. The van der Waals surface area contributed by atoms with E-state index in [1.165, 1.54) is 19.1 Å². The van der Waals surface area contributed by atoms with Crippen LogP contribution in [-0.4, -0.2) is 38.8 Å². The van der Waals surface area contributed by atoms with Crippen LogP contribution in [-0.2, 0) is 19.4 Å². The largest absolute Gasteiger partial charge is 0.376 e. The fraction of sp³-hybridized carbons (Fsp3) is 0.500. The van der Waals surface area contributed by atoms with E-state index < -0.39 is 31.7 Å². The Morgan fingerprint density at radius 3 is 2.81 bits per heavy atom. The van der Waals surface area contributed by atoms with Gasteiger partial charge in [0.25, 0.3) is 0 Å². The SMILES string of the molecule is CC(C(=O)NCC1CCCO1)S(=O)(=O)c1ccccc1F. The van der Waals surface area contributed by atoms with E-state index in [0.29, 0.717) is 6.61 Å². The van der Waals surface area contributed by atoms with Gasteiger partial charge in [-0.2, -0.15) is 0 Å². The van der Waals surface area contributed by atoms with Gasteiger partial charge in [-0.25, -0.2) is 12.8 Å². The van der Waals surface area contributed by atoms with Gasteiger partial charge >= 0.3 is 0 Å². The molecule has 2 rings (SSSR count). The van der Waals surface area contributed by atoms with Gasteiger partial charge in [-0.1, -0.05) is 12.1 Å². The molecule has 1 aromatic carbocycles. The van der Waals surface area contributed by atoms with Gasteiger partial charge in [0.15, 0.2) is 9.84 Å². The van der Waals surface area contributed by atoms with E-state index in [1.807, 2.05) is 0 Å². The first-order valence-corrected chi connectivity index (χ1v) is 8.35. The lowest BCUT2D eigenvalue weighted by atomic mass is 10.2. The molecule has 0 aliphatic carbocycles. The van der Waals surface area contributed by atoms with Gasteiger partial charge in [0.05, 0.1) is 6.10 Å². The molecule has 1 saturated heterocycles. The Balaban J connectivity index is 2.05. The number of sulfone groups is 1. The molecule has 1 heterocycles. The third-order valence-electron chi connectivity index (χ3n) is 3.51. The monoisotopic (exact) mass is 315 g/mol. The van der Waals surface area contributed by atoms with E-state index in [2.05, 4.69) is 5.32 Å². The van der Waals surface area contributed by atoms with Crippen molar-refractivity contribution in [3.05, 3.63) is 30.1 Å².